The van der Waals surface area contributed by atoms with Crippen LogP contribution in [0.1, 0.15) is 5.56 Å². The first-order valence-electron chi connectivity index (χ1n) is 7.92. The number of aromatic hydroxyl groups is 1. The van der Waals surface area contributed by atoms with Gasteiger partial charge in [-0.05, 0) is 12.1 Å². The van der Waals surface area contributed by atoms with E-state index in [2.05, 4.69) is 19.9 Å². The second-order valence-corrected chi connectivity index (χ2v) is 6.60. The molecular weight excluding hydrogens is 389 g/mol. The Morgan fingerprint density at radius 2 is 2.00 bits per heavy atom. The lowest BCUT2D eigenvalue weighted by Gasteiger charge is -2.09. The van der Waals surface area contributed by atoms with E-state index >= 15 is 0 Å². The minimum atomic E-state index is -0.202. The zero-order chi connectivity index (χ0) is 19.0. The van der Waals surface area contributed by atoms with Crippen LogP contribution in [0, 0.1) is 0 Å². The summed E-state index contributed by atoms with van der Waals surface area (Å²) in [7, 11) is 1.86. The highest BCUT2D eigenvalue weighted by molar-refractivity contribution is 6.42. The van der Waals surface area contributed by atoms with Gasteiger partial charge >= 0.3 is 6.01 Å². The molecule has 4 rings (SSSR count). The monoisotopic (exact) mass is 401 g/mol. The minimum Gasteiger partial charge on any atom is -0.493 e. The molecule has 1 aromatic carbocycles. The lowest BCUT2D eigenvalue weighted by atomic mass is 10.2. The Morgan fingerprint density at radius 1 is 1.15 bits per heavy atom. The van der Waals surface area contributed by atoms with E-state index in [1.807, 2.05) is 13.2 Å². The van der Waals surface area contributed by atoms with Crippen LogP contribution >= 0.6 is 23.2 Å². The van der Waals surface area contributed by atoms with Gasteiger partial charge in [0.25, 0.3) is 0 Å². The van der Waals surface area contributed by atoms with E-state index in [9.17, 15) is 5.11 Å². The summed E-state index contributed by atoms with van der Waals surface area (Å²) in [5, 5.41) is 11.6. The molecular formula is C18H13Cl2N5O2. The number of hydrogen-bond acceptors (Lipinski definition) is 6. The van der Waals surface area contributed by atoms with E-state index in [-0.39, 0.29) is 18.5 Å². The van der Waals surface area contributed by atoms with Gasteiger partial charge in [0, 0.05) is 25.0 Å². The summed E-state index contributed by atoms with van der Waals surface area (Å²) in [6, 6.07) is 6.89. The average Bonchev–Trinajstić information content (AvgIpc) is 3.09. The lowest BCUT2D eigenvalue weighted by Crippen LogP contribution is -2.02. The fourth-order valence-corrected chi connectivity index (χ4v) is 2.98. The number of aryl methyl sites for hydroxylation is 1. The smallest absolute Gasteiger partial charge is 0.320 e. The maximum absolute atomic E-state index is 10.3. The van der Waals surface area contributed by atoms with Crippen molar-refractivity contribution in [3.05, 3.63) is 58.6 Å². The summed E-state index contributed by atoms with van der Waals surface area (Å²) >= 11 is 12.2. The topological polar surface area (TPSA) is 86.0 Å². The molecule has 3 heterocycles. The van der Waals surface area contributed by atoms with E-state index in [0.717, 1.165) is 0 Å². The van der Waals surface area contributed by atoms with E-state index in [1.165, 1.54) is 0 Å². The Balaban J connectivity index is 1.73. The molecule has 4 aromatic rings. The highest BCUT2D eigenvalue weighted by Crippen LogP contribution is 2.31. The molecule has 3 aromatic heterocycles. The van der Waals surface area contributed by atoms with Crippen molar-refractivity contribution < 1.29 is 9.84 Å². The summed E-state index contributed by atoms with van der Waals surface area (Å²) in [6.07, 6.45) is 5.05. The molecule has 0 aliphatic carbocycles. The molecule has 0 aliphatic heterocycles. The van der Waals surface area contributed by atoms with Crippen molar-refractivity contribution in [2.75, 3.05) is 0 Å². The van der Waals surface area contributed by atoms with Crippen molar-refractivity contribution >= 4 is 34.1 Å². The summed E-state index contributed by atoms with van der Waals surface area (Å²) in [5.74, 6) is -0.202. The Labute approximate surface area is 164 Å². The van der Waals surface area contributed by atoms with Gasteiger partial charge in [0.2, 0.25) is 5.88 Å². The molecule has 0 fully saturated rings. The number of pyridine rings is 1. The second-order valence-electron chi connectivity index (χ2n) is 5.81. The fourth-order valence-electron chi connectivity index (χ4n) is 2.61. The zero-order valence-corrected chi connectivity index (χ0v) is 15.6. The van der Waals surface area contributed by atoms with Crippen LogP contribution in [0.2, 0.25) is 10.0 Å². The molecule has 0 spiro atoms. The molecule has 0 saturated carbocycles. The summed E-state index contributed by atoms with van der Waals surface area (Å²) in [5.41, 5.74) is 2.28. The number of imidazole rings is 1. The van der Waals surface area contributed by atoms with Crippen LogP contribution in [0.4, 0.5) is 0 Å². The summed E-state index contributed by atoms with van der Waals surface area (Å²) < 4.78 is 7.44. The first kappa shape index (κ1) is 17.5. The van der Waals surface area contributed by atoms with E-state index in [1.54, 1.807) is 41.4 Å². The number of ether oxygens (including phenoxy) is 1. The third-order valence-corrected chi connectivity index (χ3v) is 4.77. The van der Waals surface area contributed by atoms with Gasteiger partial charge in [-0.3, -0.25) is 4.98 Å². The maximum Gasteiger partial charge on any atom is 0.320 e. The van der Waals surface area contributed by atoms with Gasteiger partial charge in [-0.25, -0.2) is 4.98 Å². The lowest BCUT2D eigenvalue weighted by molar-refractivity contribution is 0.277. The SMILES string of the molecule is Cn1cnc(-c2nccc3c(O)nc(OCc4cccc(Cl)c4Cl)nc23)c1. The van der Waals surface area contributed by atoms with Crippen LogP contribution in [0.25, 0.3) is 22.3 Å². The number of halogens is 2. The van der Waals surface area contributed by atoms with Gasteiger partial charge in [-0.1, -0.05) is 35.3 Å². The molecule has 0 unspecified atom stereocenters. The van der Waals surface area contributed by atoms with Crippen LogP contribution in [-0.2, 0) is 13.7 Å². The number of hydrogen-bond donors (Lipinski definition) is 1. The highest BCUT2D eigenvalue weighted by Gasteiger charge is 2.15. The number of aromatic nitrogens is 5. The van der Waals surface area contributed by atoms with Gasteiger partial charge in [0.05, 0.1) is 21.8 Å². The number of rotatable bonds is 4. The molecule has 0 atom stereocenters. The van der Waals surface area contributed by atoms with Gasteiger partial charge in [-0.2, -0.15) is 9.97 Å². The Hall–Kier alpha value is -2.90. The van der Waals surface area contributed by atoms with Crippen LogP contribution < -0.4 is 4.74 Å². The number of benzene rings is 1. The molecule has 0 radical (unpaired) electrons. The average molecular weight is 402 g/mol. The molecule has 7 nitrogen and oxygen atoms in total. The normalized spacial score (nSPS) is 11.1. The number of fused-ring (bicyclic) bond motifs is 1. The van der Waals surface area contributed by atoms with Crippen molar-refractivity contribution in [1.29, 1.82) is 0 Å². The number of nitrogens with zero attached hydrogens (tertiary/aromatic N) is 5. The quantitative estimate of drug-likeness (QED) is 0.555. The van der Waals surface area contributed by atoms with Crippen molar-refractivity contribution in [1.82, 2.24) is 24.5 Å². The first-order chi connectivity index (χ1) is 13.0. The van der Waals surface area contributed by atoms with Gasteiger partial charge in [-0.15, -0.1) is 0 Å². The van der Waals surface area contributed by atoms with Gasteiger partial charge < -0.3 is 14.4 Å². The van der Waals surface area contributed by atoms with E-state index < -0.39 is 0 Å². The summed E-state index contributed by atoms with van der Waals surface area (Å²) in [6.45, 7) is 0.101. The van der Waals surface area contributed by atoms with Crippen molar-refractivity contribution in [2.24, 2.45) is 7.05 Å². The molecule has 27 heavy (non-hydrogen) atoms. The fraction of sp³-hybridized carbons (Fsp3) is 0.111. The molecule has 0 aliphatic rings. The predicted molar refractivity (Wildman–Crippen MR) is 102 cm³/mol. The van der Waals surface area contributed by atoms with Gasteiger partial charge in [0.1, 0.15) is 23.5 Å². The van der Waals surface area contributed by atoms with Crippen LogP contribution in [0.3, 0.4) is 0 Å². The standard InChI is InChI=1S/C18H13Cl2N5O2/c1-25-7-13(22-9-25)16-15-11(5-6-21-16)17(26)24-18(23-15)27-8-10-3-2-4-12(19)14(10)20/h2-7,9H,8H2,1H3,(H,23,24,26). The molecule has 0 amide bonds. The van der Waals surface area contributed by atoms with E-state index in [4.69, 9.17) is 27.9 Å². The molecule has 1 N–H and O–H groups in total. The van der Waals surface area contributed by atoms with Crippen LogP contribution in [0.5, 0.6) is 11.9 Å². The third kappa shape index (κ3) is 3.39. The molecule has 0 bridgehead atoms. The Morgan fingerprint density at radius 3 is 2.78 bits per heavy atom. The molecule has 136 valence electrons. The molecule has 9 heteroatoms. The van der Waals surface area contributed by atoms with Crippen LogP contribution in [-0.4, -0.2) is 29.6 Å². The summed E-state index contributed by atoms with van der Waals surface area (Å²) in [4.78, 5) is 17.1. The minimum absolute atomic E-state index is 0.00113. The second kappa shape index (κ2) is 7.02. The first-order valence-corrected chi connectivity index (χ1v) is 8.68. The maximum atomic E-state index is 10.3. The Bertz CT molecular complexity index is 1150. The third-order valence-electron chi connectivity index (χ3n) is 3.91. The van der Waals surface area contributed by atoms with Crippen molar-refractivity contribution in [2.45, 2.75) is 6.61 Å². The van der Waals surface area contributed by atoms with Crippen molar-refractivity contribution in [3.63, 3.8) is 0 Å². The predicted octanol–water partition coefficient (Wildman–Crippen LogP) is 4.02. The Kier molecular flexibility index (Phi) is 4.55. The zero-order valence-electron chi connectivity index (χ0n) is 14.1. The van der Waals surface area contributed by atoms with Crippen LogP contribution in [0.15, 0.2) is 43.0 Å². The largest absolute Gasteiger partial charge is 0.493 e. The van der Waals surface area contributed by atoms with E-state index in [0.29, 0.717) is 37.9 Å². The molecule has 0 saturated heterocycles. The van der Waals surface area contributed by atoms with Gasteiger partial charge in [0.15, 0.2) is 0 Å². The highest BCUT2D eigenvalue weighted by atomic mass is 35.5. The van der Waals surface area contributed by atoms with Crippen molar-refractivity contribution in [3.8, 4) is 23.3 Å².